The predicted octanol–water partition coefficient (Wildman–Crippen LogP) is 4.77. The number of benzene rings is 2. The molecule has 2 N–H and O–H groups in total. The van der Waals surface area contributed by atoms with E-state index in [-0.39, 0.29) is 6.04 Å². The van der Waals surface area contributed by atoms with Crippen LogP contribution >= 0.6 is 31.9 Å². The molecule has 4 heteroatoms. The Morgan fingerprint density at radius 3 is 2.47 bits per heavy atom. The summed E-state index contributed by atoms with van der Waals surface area (Å²) >= 11 is 6.75. The van der Waals surface area contributed by atoms with E-state index in [0.29, 0.717) is 12.3 Å². The second-order valence-corrected chi connectivity index (χ2v) is 6.17. The fraction of sp³-hybridized carbons (Fsp3) is 0.200. The molecule has 0 unspecified atom stereocenters. The van der Waals surface area contributed by atoms with Crippen LogP contribution in [0, 0.1) is 0 Å². The van der Waals surface area contributed by atoms with Gasteiger partial charge in [0.1, 0.15) is 5.75 Å². The number of phenolic OH excluding ortho intramolecular Hbond substituents is 1. The van der Waals surface area contributed by atoms with Crippen LogP contribution < -0.4 is 5.32 Å². The minimum Gasteiger partial charge on any atom is -0.506 e. The monoisotopic (exact) mass is 383 g/mol. The van der Waals surface area contributed by atoms with Gasteiger partial charge >= 0.3 is 0 Å². The molecule has 100 valence electrons. The Morgan fingerprint density at radius 2 is 1.79 bits per heavy atom. The molecule has 0 fully saturated rings. The van der Waals surface area contributed by atoms with E-state index < -0.39 is 0 Å². The summed E-state index contributed by atoms with van der Waals surface area (Å²) in [4.78, 5) is 0. The van der Waals surface area contributed by atoms with Gasteiger partial charge in [0.15, 0.2) is 0 Å². The molecule has 2 rings (SSSR count). The Bertz CT molecular complexity index is 555. The van der Waals surface area contributed by atoms with Crippen molar-refractivity contribution in [3.8, 4) is 5.75 Å². The van der Waals surface area contributed by atoms with E-state index >= 15 is 0 Å². The van der Waals surface area contributed by atoms with Crippen LogP contribution in [0.1, 0.15) is 24.1 Å². The first-order chi connectivity index (χ1) is 9.08. The molecule has 19 heavy (non-hydrogen) atoms. The van der Waals surface area contributed by atoms with Crippen LogP contribution in [0.4, 0.5) is 0 Å². The summed E-state index contributed by atoms with van der Waals surface area (Å²) in [6.45, 7) is 2.74. The van der Waals surface area contributed by atoms with E-state index in [0.717, 1.165) is 14.5 Å². The summed E-state index contributed by atoms with van der Waals surface area (Å²) in [6, 6.07) is 14.1. The first-order valence-electron chi connectivity index (χ1n) is 6.03. The first kappa shape index (κ1) is 14.6. The van der Waals surface area contributed by atoms with Crippen LogP contribution in [-0.2, 0) is 6.54 Å². The van der Waals surface area contributed by atoms with Gasteiger partial charge in [-0.2, -0.15) is 0 Å². The molecule has 0 heterocycles. The molecule has 0 amide bonds. The summed E-state index contributed by atoms with van der Waals surface area (Å²) < 4.78 is 1.80. The number of aromatic hydroxyl groups is 1. The molecule has 0 spiro atoms. The van der Waals surface area contributed by atoms with E-state index in [4.69, 9.17) is 0 Å². The summed E-state index contributed by atoms with van der Waals surface area (Å²) in [5.74, 6) is 0.304. The Hall–Kier alpha value is -0.840. The van der Waals surface area contributed by atoms with Crippen molar-refractivity contribution in [1.29, 1.82) is 0 Å². The van der Waals surface area contributed by atoms with Gasteiger partial charge in [0.25, 0.3) is 0 Å². The molecule has 0 bridgehead atoms. The summed E-state index contributed by atoms with van der Waals surface area (Å²) in [5, 5.41) is 13.3. The zero-order chi connectivity index (χ0) is 13.8. The molecule has 2 nitrogen and oxygen atoms in total. The SMILES string of the molecule is C[C@H](NCc1cccc(Br)c1O)c1ccc(Br)cc1. The number of hydrogen-bond donors (Lipinski definition) is 2. The van der Waals surface area contributed by atoms with Gasteiger partial charge in [-0.1, -0.05) is 40.2 Å². The Kier molecular flexibility index (Phi) is 5.02. The first-order valence-corrected chi connectivity index (χ1v) is 7.61. The molecule has 0 saturated carbocycles. The van der Waals surface area contributed by atoms with Crippen molar-refractivity contribution in [3.05, 3.63) is 62.5 Å². The van der Waals surface area contributed by atoms with Crippen molar-refractivity contribution in [2.24, 2.45) is 0 Å². The van der Waals surface area contributed by atoms with Gasteiger partial charge in [-0.15, -0.1) is 0 Å². The average molecular weight is 385 g/mol. The number of nitrogens with one attached hydrogen (secondary N) is 1. The summed E-state index contributed by atoms with van der Waals surface area (Å²) in [6.07, 6.45) is 0. The lowest BCUT2D eigenvalue weighted by Crippen LogP contribution is -2.18. The van der Waals surface area contributed by atoms with Gasteiger partial charge in [0.05, 0.1) is 4.47 Å². The molecular formula is C15H15Br2NO. The molecule has 2 aromatic carbocycles. The van der Waals surface area contributed by atoms with E-state index in [1.165, 1.54) is 5.56 Å². The van der Waals surface area contributed by atoms with Crippen LogP contribution in [0.5, 0.6) is 5.75 Å². The number of halogens is 2. The van der Waals surface area contributed by atoms with Crippen molar-refractivity contribution in [2.75, 3.05) is 0 Å². The summed E-state index contributed by atoms with van der Waals surface area (Å²) in [7, 11) is 0. The number of para-hydroxylation sites is 1. The molecule has 0 radical (unpaired) electrons. The van der Waals surface area contributed by atoms with Gasteiger partial charge in [0.2, 0.25) is 0 Å². The fourth-order valence-corrected chi connectivity index (χ4v) is 2.51. The molecule has 0 aromatic heterocycles. The van der Waals surface area contributed by atoms with Crippen molar-refractivity contribution in [1.82, 2.24) is 5.32 Å². The van der Waals surface area contributed by atoms with Gasteiger partial charge < -0.3 is 10.4 Å². The highest BCUT2D eigenvalue weighted by Gasteiger charge is 2.08. The zero-order valence-electron chi connectivity index (χ0n) is 10.5. The molecule has 0 aliphatic heterocycles. The maximum Gasteiger partial charge on any atom is 0.134 e. The smallest absolute Gasteiger partial charge is 0.134 e. The van der Waals surface area contributed by atoms with E-state index in [1.54, 1.807) is 0 Å². The standard InChI is InChI=1S/C15H15Br2NO/c1-10(11-5-7-13(16)8-6-11)18-9-12-3-2-4-14(17)15(12)19/h2-8,10,18-19H,9H2,1H3/t10-/m0/s1. The molecule has 0 saturated heterocycles. The molecular weight excluding hydrogens is 370 g/mol. The normalized spacial score (nSPS) is 12.4. The number of phenols is 1. The van der Waals surface area contributed by atoms with Gasteiger partial charge in [-0.05, 0) is 46.6 Å². The molecule has 0 aliphatic rings. The lowest BCUT2D eigenvalue weighted by molar-refractivity contribution is 0.457. The van der Waals surface area contributed by atoms with Crippen molar-refractivity contribution in [3.63, 3.8) is 0 Å². The van der Waals surface area contributed by atoms with E-state index in [1.807, 2.05) is 30.3 Å². The Morgan fingerprint density at radius 1 is 1.11 bits per heavy atom. The third-order valence-corrected chi connectivity index (χ3v) is 4.21. The Labute approximate surface area is 130 Å². The second kappa shape index (κ2) is 6.55. The lowest BCUT2D eigenvalue weighted by Gasteiger charge is -2.15. The van der Waals surface area contributed by atoms with Crippen molar-refractivity contribution >= 4 is 31.9 Å². The largest absolute Gasteiger partial charge is 0.506 e. The van der Waals surface area contributed by atoms with Crippen molar-refractivity contribution < 1.29 is 5.11 Å². The zero-order valence-corrected chi connectivity index (χ0v) is 13.7. The van der Waals surface area contributed by atoms with Crippen LogP contribution in [-0.4, -0.2) is 5.11 Å². The van der Waals surface area contributed by atoms with Crippen LogP contribution in [0.15, 0.2) is 51.4 Å². The van der Waals surface area contributed by atoms with Gasteiger partial charge in [0, 0.05) is 22.6 Å². The second-order valence-electron chi connectivity index (χ2n) is 4.40. The highest BCUT2D eigenvalue weighted by atomic mass is 79.9. The lowest BCUT2D eigenvalue weighted by atomic mass is 10.1. The quantitative estimate of drug-likeness (QED) is 0.795. The predicted molar refractivity (Wildman–Crippen MR) is 85.2 cm³/mol. The van der Waals surface area contributed by atoms with Gasteiger partial charge in [-0.25, -0.2) is 0 Å². The van der Waals surface area contributed by atoms with Crippen molar-refractivity contribution in [2.45, 2.75) is 19.5 Å². The molecule has 2 aromatic rings. The minimum absolute atomic E-state index is 0.228. The van der Waals surface area contributed by atoms with Crippen LogP contribution in [0.2, 0.25) is 0 Å². The Balaban J connectivity index is 2.02. The van der Waals surface area contributed by atoms with Crippen LogP contribution in [0.3, 0.4) is 0 Å². The fourth-order valence-electron chi connectivity index (χ4n) is 1.84. The number of hydrogen-bond acceptors (Lipinski definition) is 2. The van der Waals surface area contributed by atoms with E-state index in [9.17, 15) is 5.11 Å². The molecule has 0 aliphatic carbocycles. The topological polar surface area (TPSA) is 32.3 Å². The number of rotatable bonds is 4. The van der Waals surface area contributed by atoms with Gasteiger partial charge in [-0.3, -0.25) is 0 Å². The highest BCUT2D eigenvalue weighted by molar-refractivity contribution is 9.10. The van der Waals surface area contributed by atoms with Crippen LogP contribution in [0.25, 0.3) is 0 Å². The third-order valence-electron chi connectivity index (χ3n) is 3.04. The summed E-state index contributed by atoms with van der Waals surface area (Å²) in [5.41, 5.74) is 2.11. The maximum absolute atomic E-state index is 9.92. The minimum atomic E-state index is 0.228. The average Bonchev–Trinajstić information content (AvgIpc) is 2.41. The highest BCUT2D eigenvalue weighted by Crippen LogP contribution is 2.27. The third kappa shape index (κ3) is 3.81. The molecule has 1 atom stereocenters. The van der Waals surface area contributed by atoms with E-state index in [2.05, 4.69) is 56.2 Å². The maximum atomic E-state index is 9.92.